The van der Waals surface area contributed by atoms with E-state index in [1.807, 2.05) is 6.07 Å². The fourth-order valence-corrected chi connectivity index (χ4v) is 7.46. The van der Waals surface area contributed by atoms with E-state index in [9.17, 15) is 10.1 Å². The molecule has 0 aliphatic carbocycles. The number of non-ortho nitro benzene ring substituents is 1. The van der Waals surface area contributed by atoms with Gasteiger partial charge in [0.25, 0.3) is 5.69 Å². The Labute approximate surface area is 281 Å². The average molecular weight is 669 g/mol. The quantitative estimate of drug-likeness (QED) is 0.284. The molecular formula is C34H48N6O8. The normalized spacial score (nSPS) is 23.8. The number of morpholine rings is 2. The third kappa shape index (κ3) is 7.58. The van der Waals surface area contributed by atoms with Gasteiger partial charge in [0.1, 0.15) is 0 Å². The van der Waals surface area contributed by atoms with Crippen molar-refractivity contribution in [3.05, 3.63) is 46.5 Å². The molecule has 48 heavy (non-hydrogen) atoms. The molecular weight excluding hydrogens is 620 g/mol. The number of nitrogens with two attached hydrogens (primary N) is 1. The fourth-order valence-electron chi connectivity index (χ4n) is 7.46. The molecule has 0 atom stereocenters. The lowest BCUT2D eigenvalue weighted by Gasteiger charge is -2.39. The van der Waals surface area contributed by atoms with E-state index in [-0.39, 0.29) is 16.4 Å². The van der Waals surface area contributed by atoms with Gasteiger partial charge in [0.15, 0.2) is 11.6 Å². The number of nitro groups is 1. The van der Waals surface area contributed by atoms with Crippen molar-refractivity contribution >= 4 is 34.1 Å². The standard InChI is InChI=1S/C17H23N3O5.C17H25N3O3/c21-20(22)16-12-14(11-15(13-16)19-5-7-23-8-6-19)18-3-1-17(2-4-18)24-9-10-25-17;18-14-11-15(13-16(12-14)20-5-7-21-8-6-20)19-3-1-17(2-4-19)22-9-10-23-17/h11-13H,1-10H2;11-13H,1-10,18H2. The van der Waals surface area contributed by atoms with Crippen LogP contribution in [0.5, 0.6) is 0 Å². The molecule has 6 fully saturated rings. The van der Waals surface area contributed by atoms with E-state index in [2.05, 4.69) is 37.8 Å². The van der Waals surface area contributed by atoms with Gasteiger partial charge in [0.2, 0.25) is 0 Å². The number of benzene rings is 2. The highest BCUT2D eigenvalue weighted by Crippen LogP contribution is 2.37. The molecule has 0 unspecified atom stereocenters. The molecule has 6 aliphatic heterocycles. The SMILES string of the molecule is Nc1cc(N2CCOCC2)cc(N2CCC3(CC2)OCCO3)c1.O=[N+]([O-])c1cc(N2CCOCC2)cc(N2CCC3(CC2)OCCO3)c1. The maximum atomic E-state index is 11.4. The van der Waals surface area contributed by atoms with E-state index >= 15 is 0 Å². The highest BCUT2D eigenvalue weighted by Gasteiger charge is 2.41. The van der Waals surface area contributed by atoms with Gasteiger partial charge < -0.3 is 53.8 Å². The molecule has 6 aliphatic rings. The molecule has 0 saturated carbocycles. The van der Waals surface area contributed by atoms with Crippen LogP contribution in [0.15, 0.2) is 36.4 Å². The Morgan fingerprint density at radius 2 is 0.854 bits per heavy atom. The van der Waals surface area contributed by atoms with Gasteiger partial charge in [0.05, 0.1) is 57.8 Å². The zero-order valence-electron chi connectivity index (χ0n) is 27.7. The third-order valence-corrected chi connectivity index (χ3v) is 10.2. The van der Waals surface area contributed by atoms with Gasteiger partial charge in [-0.3, -0.25) is 10.1 Å². The minimum atomic E-state index is -0.440. The van der Waals surface area contributed by atoms with Crippen molar-refractivity contribution in [3.63, 3.8) is 0 Å². The van der Waals surface area contributed by atoms with E-state index < -0.39 is 5.79 Å². The van der Waals surface area contributed by atoms with Crippen molar-refractivity contribution in [2.24, 2.45) is 0 Å². The Hall–Kier alpha value is -3.40. The summed E-state index contributed by atoms with van der Waals surface area (Å²) in [7, 11) is 0. The first-order chi connectivity index (χ1) is 23.4. The monoisotopic (exact) mass is 668 g/mol. The largest absolute Gasteiger partial charge is 0.399 e. The summed E-state index contributed by atoms with van der Waals surface area (Å²) < 4.78 is 34.0. The summed E-state index contributed by atoms with van der Waals surface area (Å²) in [6, 6.07) is 11.7. The average Bonchev–Trinajstić information content (AvgIpc) is 3.79. The highest BCUT2D eigenvalue weighted by molar-refractivity contribution is 5.68. The molecule has 6 heterocycles. The Morgan fingerprint density at radius 1 is 0.521 bits per heavy atom. The second-order valence-electron chi connectivity index (χ2n) is 13.1. The number of nitrogen functional groups attached to an aromatic ring is 1. The van der Waals surface area contributed by atoms with Crippen LogP contribution < -0.4 is 25.3 Å². The van der Waals surface area contributed by atoms with Crippen LogP contribution in [-0.2, 0) is 28.4 Å². The van der Waals surface area contributed by atoms with Crippen LogP contribution in [0.4, 0.5) is 34.1 Å². The van der Waals surface area contributed by atoms with Gasteiger partial charge in [-0.25, -0.2) is 0 Å². The molecule has 6 saturated heterocycles. The molecule has 2 N–H and O–H groups in total. The Kier molecular flexibility index (Phi) is 10.1. The number of ether oxygens (including phenoxy) is 6. The lowest BCUT2D eigenvalue weighted by molar-refractivity contribution is -0.384. The minimum absolute atomic E-state index is 0.132. The fraction of sp³-hybridized carbons (Fsp3) is 0.647. The summed E-state index contributed by atoms with van der Waals surface area (Å²) in [6.45, 7) is 12.4. The summed E-state index contributed by atoms with van der Waals surface area (Å²) in [6.07, 6.45) is 3.38. The second-order valence-corrected chi connectivity index (χ2v) is 13.1. The lowest BCUT2D eigenvalue weighted by atomic mass is 10.0. The second kappa shape index (κ2) is 14.6. The van der Waals surface area contributed by atoms with Crippen LogP contribution in [0.25, 0.3) is 0 Å². The summed E-state index contributed by atoms with van der Waals surface area (Å²) >= 11 is 0. The third-order valence-electron chi connectivity index (χ3n) is 10.2. The molecule has 0 radical (unpaired) electrons. The predicted molar refractivity (Wildman–Crippen MR) is 182 cm³/mol. The van der Waals surface area contributed by atoms with Crippen LogP contribution in [-0.4, -0.2) is 122 Å². The summed E-state index contributed by atoms with van der Waals surface area (Å²) in [5, 5.41) is 11.4. The molecule has 0 amide bonds. The van der Waals surface area contributed by atoms with Crippen LogP contribution in [0, 0.1) is 10.1 Å². The smallest absolute Gasteiger partial charge is 0.273 e. The Bertz CT molecular complexity index is 1390. The Balaban J connectivity index is 0.000000152. The molecule has 2 spiro atoms. The van der Waals surface area contributed by atoms with Crippen LogP contribution in [0.3, 0.4) is 0 Å². The van der Waals surface area contributed by atoms with Gasteiger partial charge in [0, 0.05) is 119 Å². The first-order valence-corrected chi connectivity index (χ1v) is 17.3. The van der Waals surface area contributed by atoms with E-state index in [1.54, 1.807) is 12.1 Å². The number of hydrogen-bond donors (Lipinski definition) is 1. The number of piperidine rings is 2. The maximum absolute atomic E-state index is 11.4. The van der Waals surface area contributed by atoms with Crippen molar-refractivity contribution in [2.45, 2.75) is 37.3 Å². The van der Waals surface area contributed by atoms with Crippen molar-refractivity contribution in [1.82, 2.24) is 0 Å². The van der Waals surface area contributed by atoms with Crippen LogP contribution >= 0.6 is 0 Å². The molecule has 14 nitrogen and oxygen atoms in total. The molecule has 14 heteroatoms. The zero-order valence-corrected chi connectivity index (χ0v) is 27.7. The molecule has 262 valence electrons. The first kappa shape index (κ1) is 33.1. The topological polar surface area (TPSA) is 137 Å². The number of rotatable bonds is 5. The van der Waals surface area contributed by atoms with Crippen molar-refractivity contribution in [3.8, 4) is 0 Å². The highest BCUT2D eigenvalue weighted by atomic mass is 16.7. The number of nitrogens with zero attached hydrogens (tertiary/aromatic N) is 5. The molecule has 2 aromatic carbocycles. The predicted octanol–water partition coefficient (Wildman–Crippen LogP) is 3.22. The lowest BCUT2D eigenvalue weighted by Crippen LogP contribution is -2.45. The molecule has 0 bridgehead atoms. The van der Waals surface area contributed by atoms with Gasteiger partial charge in [-0.05, 0) is 24.3 Å². The van der Waals surface area contributed by atoms with E-state index in [0.717, 1.165) is 122 Å². The Morgan fingerprint density at radius 3 is 1.21 bits per heavy atom. The van der Waals surface area contributed by atoms with E-state index in [1.165, 1.54) is 11.4 Å². The molecule has 2 aromatic rings. The van der Waals surface area contributed by atoms with Gasteiger partial charge in [-0.1, -0.05) is 0 Å². The number of anilines is 5. The van der Waals surface area contributed by atoms with Gasteiger partial charge >= 0.3 is 0 Å². The first-order valence-electron chi connectivity index (χ1n) is 17.3. The number of hydrogen-bond acceptors (Lipinski definition) is 13. The van der Waals surface area contributed by atoms with E-state index in [0.29, 0.717) is 26.4 Å². The summed E-state index contributed by atoms with van der Waals surface area (Å²) in [4.78, 5) is 20.1. The van der Waals surface area contributed by atoms with Crippen LogP contribution in [0.2, 0.25) is 0 Å². The van der Waals surface area contributed by atoms with Crippen LogP contribution in [0.1, 0.15) is 25.7 Å². The minimum Gasteiger partial charge on any atom is -0.399 e. The zero-order chi connectivity index (χ0) is 33.0. The molecule has 0 aromatic heterocycles. The summed E-state index contributed by atoms with van der Waals surface area (Å²) in [5.41, 5.74) is 11.3. The van der Waals surface area contributed by atoms with Crippen molar-refractivity contribution in [1.29, 1.82) is 0 Å². The van der Waals surface area contributed by atoms with E-state index in [4.69, 9.17) is 34.2 Å². The van der Waals surface area contributed by atoms with Gasteiger partial charge in [-0.15, -0.1) is 0 Å². The summed E-state index contributed by atoms with van der Waals surface area (Å²) in [5.74, 6) is -0.770. The molecule has 8 rings (SSSR count). The maximum Gasteiger partial charge on any atom is 0.273 e. The van der Waals surface area contributed by atoms with Crippen molar-refractivity contribution in [2.75, 3.05) is 131 Å². The van der Waals surface area contributed by atoms with Crippen molar-refractivity contribution < 1.29 is 33.3 Å². The number of nitro benzene ring substituents is 1. The van der Waals surface area contributed by atoms with Gasteiger partial charge in [-0.2, -0.15) is 0 Å².